The minimum Gasteiger partial charge on any atom is -0.466 e. The molecule has 1 aliphatic heterocycles. The lowest BCUT2D eigenvalue weighted by atomic mass is 9.91. The molecule has 1 rings (SSSR count). The second-order valence-corrected chi connectivity index (χ2v) is 16.0. The van der Waals surface area contributed by atoms with E-state index in [0.717, 1.165) is 103 Å². The second-order valence-electron chi connectivity index (χ2n) is 16.0. The molecule has 1 amide bonds. The number of unbranched alkanes of at least 4 members (excludes halogenated alkanes) is 18. The minimum absolute atomic E-state index is 0.0423. The Hall–Kier alpha value is -1.63. The number of nitrogens with zero attached hydrogens (tertiary/aromatic N) is 2. The van der Waals surface area contributed by atoms with E-state index in [-0.39, 0.29) is 17.8 Å². The predicted octanol–water partition coefficient (Wildman–Crippen LogP) is 12.0. The van der Waals surface area contributed by atoms with Crippen molar-refractivity contribution in [2.75, 3.05) is 45.9 Å². The maximum absolute atomic E-state index is 13.2. The Bertz CT molecular complexity index is 821. The van der Waals surface area contributed by atoms with Crippen molar-refractivity contribution in [1.82, 2.24) is 9.80 Å². The van der Waals surface area contributed by atoms with Gasteiger partial charge in [-0.15, -0.1) is 0 Å². The van der Waals surface area contributed by atoms with Gasteiger partial charge in [0.2, 0.25) is 5.91 Å². The van der Waals surface area contributed by atoms with Gasteiger partial charge in [-0.3, -0.25) is 19.3 Å². The average Bonchev–Trinajstić information content (AvgIpc) is 3.65. The van der Waals surface area contributed by atoms with Crippen LogP contribution in [0.5, 0.6) is 0 Å². The molecular weight excluding hydrogens is 649 g/mol. The van der Waals surface area contributed by atoms with Gasteiger partial charge in [-0.25, -0.2) is 0 Å². The van der Waals surface area contributed by atoms with Gasteiger partial charge >= 0.3 is 11.9 Å². The van der Waals surface area contributed by atoms with Gasteiger partial charge in [0, 0.05) is 25.9 Å². The summed E-state index contributed by atoms with van der Waals surface area (Å²) in [5.74, 6) is 0.921. The fraction of sp³-hybridized carbons (Fsp3) is 0.933. The summed E-state index contributed by atoms with van der Waals surface area (Å²) in [4.78, 5) is 42.1. The first kappa shape index (κ1) is 48.4. The topological polar surface area (TPSA) is 76.1 Å². The van der Waals surface area contributed by atoms with Crippen LogP contribution in [0.4, 0.5) is 0 Å². The number of hydrogen-bond acceptors (Lipinski definition) is 6. The monoisotopic (exact) mass is 735 g/mol. The summed E-state index contributed by atoms with van der Waals surface area (Å²) in [6, 6.07) is 0. The molecule has 0 unspecified atom stereocenters. The average molecular weight is 735 g/mol. The molecule has 1 fully saturated rings. The SMILES string of the molecule is CCCCCCCCCCCOC(=O)CCCCCN(CCCCCCCC(=O)OCCCC(CCCCC)CCCCC)C(=O)CN1CCCC1. The van der Waals surface area contributed by atoms with Crippen molar-refractivity contribution < 1.29 is 23.9 Å². The maximum atomic E-state index is 13.2. The standard InChI is InChI=1S/C45H86N2O5/c1-4-7-10-11-12-13-14-18-28-39-51-44(49)34-23-19-25-38-47(43(48)41-46-35-26-27-36-46)37-24-17-15-16-22-33-45(50)52-40-29-32-42(30-20-8-5-2)31-21-9-6-3/h42H,4-41H2,1-3H3. The molecule has 0 aromatic carbocycles. The van der Waals surface area contributed by atoms with E-state index >= 15 is 0 Å². The Kier molecular flexibility index (Phi) is 33.8. The first-order valence-corrected chi connectivity index (χ1v) is 22.8. The van der Waals surface area contributed by atoms with Crippen LogP contribution in [0.2, 0.25) is 0 Å². The molecule has 0 aromatic heterocycles. The minimum atomic E-state index is -0.0748. The number of ether oxygens (including phenoxy) is 2. The van der Waals surface area contributed by atoms with Crippen molar-refractivity contribution in [2.24, 2.45) is 5.92 Å². The van der Waals surface area contributed by atoms with Gasteiger partial charge in [0.25, 0.3) is 0 Å². The van der Waals surface area contributed by atoms with Gasteiger partial charge in [-0.05, 0) is 76.8 Å². The Labute approximate surface area is 322 Å². The second kappa shape index (κ2) is 36.4. The highest BCUT2D eigenvalue weighted by molar-refractivity contribution is 5.78. The zero-order valence-corrected chi connectivity index (χ0v) is 34.9. The molecule has 0 spiro atoms. The van der Waals surface area contributed by atoms with E-state index in [1.54, 1.807) is 0 Å². The molecule has 1 aliphatic rings. The zero-order valence-electron chi connectivity index (χ0n) is 34.9. The first-order chi connectivity index (χ1) is 25.5. The van der Waals surface area contributed by atoms with Crippen molar-refractivity contribution in [3.8, 4) is 0 Å². The van der Waals surface area contributed by atoms with Gasteiger partial charge in [0.05, 0.1) is 19.8 Å². The smallest absolute Gasteiger partial charge is 0.305 e. The lowest BCUT2D eigenvalue weighted by molar-refractivity contribution is -0.144. The van der Waals surface area contributed by atoms with Gasteiger partial charge in [0.15, 0.2) is 0 Å². The molecule has 0 saturated carbocycles. The number of amides is 1. The van der Waals surface area contributed by atoms with Crippen LogP contribution >= 0.6 is 0 Å². The van der Waals surface area contributed by atoms with Crippen LogP contribution in [0.15, 0.2) is 0 Å². The van der Waals surface area contributed by atoms with Crippen LogP contribution in [-0.2, 0) is 23.9 Å². The summed E-state index contributed by atoms with van der Waals surface area (Å²) in [6.45, 7) is 12.1. The summed E-state index contributed by atoms with van der Waals surface area (Å²) in [7, 11) is 0. The van der Waals surface area contributed by atoms with Crippen LogP contribution < -0.4 is 0 Å². The third-order valence-corrected chi connectivity index (χ3v) is 11.0. The third-order valence-electron chi connectivity index (χ3n) is 11.0. The molecule has 7 heteroatoms. The number of carbonyl (C=O) groups is 3. The van der Waals surface area contributed by atoms with Crippen LogP contribution in [0, 0.1) is 5.92 Å². The van der Waals surface area contributed by atoms with Crippen LogP contribution in [0.25, 0.3) is 0 Å². The number of rotatable bonds is 38. The molecule has 0 N–H and O–H groups in total. The molecule has 1 saturated heterocycles. The summed E-state index contributed by atoms with van der Waals surface area (Å²) in [6.07, 6.45) is 35.2. The Morgan fingerprint density at radius 3 is 1.44 bits per heavy atom. The van der Waals surface area contributed by atoms with Crippen molar-refractivity contribution in [3.05, 3.63) is 0 Å². The highest BCUT2D eigenvalue weighted by Crippen LogP contribution is 2.22. The summed E-state index contributed by atoms with van der Waals surface area (Å²) in [5, 5.41) is 0. The number of carbonyl (C=O) groups excluding carboxylic acids is 3. The lowest BCUT2D eigenvalue weighted by Gasteiger charge is -2.25. The van der Waals surface area contributed by atoms with Crippen molar-refractivity contribution >= 4 is 17.8 Å². The molecule has 0 aliphatic carbocycles. The highest BCUT2D eigenvalue weighted by atomic mass is 16.5. The summed E-state index contributed by atoms with van der Waals surface area (Å²) in [5.41, 5.74) is 0. The quantitative estimate of drug-likeness (QED) is 0.0464. The zero-order chi connectivity index (χ0) is 37.7. The molecule has 52 heavy (non-hydrogen) atoms. The van der Waals surface area contributed by atoms with Gasteiger partial charge in [-0.1, -0.05) is 149 Å². The predicted molar refractivity (Wildman–Crippen MR) is 219 cm³/mol. The van der Waals surface area contributed by atoms with Gasteiger partial charge < -0.3 is 14.4 Å². The molecule has 0 radical (unpaired) electrons. The van der Waals surface area contributed by atoms with Crippen LogP contribution in [-0.4, -0.2) is 73.6 Å². The van der Waals surface area contributed by atoms with Crippen LogP contribution in [0.1, 0.15) is 220 Å². The molecular formula is C45H86N2O5. The van der Waals surface area contributed by atoms with E-state index in [4.69, 9.17) is 9.47 Å². The van der Waals surface area contributed by atoms with E-state index in [1.807, 2.05) is 0 Å². The number of hydrogen-bond donors (Lipinski definition) is 0. The molecule has 0 aromatic rings. The summed E-state index contributed by atoms with van der Waals surface area (Å²) >= 11 is 0. The van der Waals surface area contributed by atoms with E-state index in [1.165, 1.54) is 116 Å². The lowest BCUT2D eigenvalue weighted by Crippen LogP contribution is -2.40. The Morgan fingerprint density at radius 2 is 0.904 bits per heavy atom. The van der Waals surface area contributed by atoms with Crippen molar-refractivity contribution in [1.29, 1.82) is 0 Å². The van der Waals surface area contributed by atoms with E-state index in [2.05, 4.69) is 30.6 Å². The Morgan fingerprint density at radius 1 is 0.500 bits per heavy atom. The van der Waals surface area contributed by atoms with E-state index in [0.29, 0.717) is 32.6 Å². The number of likely N-dealkylation sites (tertiary alicyclic amines) is 1. The van der Waals surface area contributed by atoms with Crippen LogP contribution in [0.3, 0.4) is 0 Å². The normalized spacial score (nSPS) is 13.2. The highest BCUT2D eigenvalue weighted by Gasteiger charge is 2.19. The maximum Gasteiger partial charge on any atom is 0.305 e. The fourth-order valence-corrected chi connectivity index (χ4v) is 7.54. The first-order valence-electron chi connectivity index (χ1n) is 22.8. The fourth-order valence-electron chi connectivity index (χ4n) is 7.54. The molecule has 0 bridgehead atoms. The van der Waals surface area contributed by atoms with Gasteiger partial charge in [-0.2, -0.15) is 0 Å². The largest absolute Gasteiger partial charge is 0.466 e. The molecule has 0 atom stereocenters. The van der Waals surface area contributed by atoms with Crippen molar-refractivity contribution in [2.45, 2.75) is 220 Å². The van der Waals surface area contributed by atoms with E-state index < -0.39 is 0 Å². The molecule has 7 nitrogen and oxygen atoms in total. The molecule has 306 valence electrons. The van der Waals surface area contributed by atoms with E-state index in [9.17, 15) is 14.4 Å². The van der Waals surface area contributed by atoms with Gasteiger partial charge in [0.1, 0.15) is 0 Å². The summed E-state index contributed by atoms with van der Waals surface area (Å²) < 4.78 is 11.1. The molecule has 1 heterocycles. The van der Waals surface area contributed by atoms with Crippen molar-refractivity contribution in [3.63, 3.8) is 0 Å². The third kappa shape index (κ3) is 29.8. The Balaban J connectivity index is 2.18. The number of esters is 2.